The molecule has 0 unspecified atom stereocenters. The molecule has 0 saturated heterocycles. The van der Waals surface area contributed by atoms with Crippen LogP contribution in [0.15, 0.2) is 33.5 Å². The van der Waals surface area contributed by atoms with E-state index in [0.717, 1.165) is 0 Å². The Hall–Kier alpha value is -2.55. The zero-order chi connectivity index (χ0) is 13.8. The van der Waals surface area contributed by atoms with Crippen molar-refractivity contribution < 1.29 is 13.9 Å². The number of rotatable bonds is 4. The van der Waals surface area contributed by atoms with Gasteiger partial charge in [-0.05, 0) is 19.1 Å². The molecule has 98 valence electrons. The number of carbonyl (C=O) groups excluding carboxylic acids is 1. The molecule has 0 saturated carbocycles. The van der Waals surface area contributed by atoms with Crippen LogP contribution in [0.1, 0.15) is 13.3 Å². The van der Waals surface area contributed by atoms with Crippen LogP contribution in [0.5, 0.6) is 0 Å². The van der Waals surface area contributed by atoms with Gasteiger partial charge in [-0.1, -0.05) is 12.1 Å². The number of aryl methyl sites for hydroxylation is 1. The second kappa shape index (κ2) is 5.40. The lowest BCUT2D eigenvalue weighted by atomic mass is 10.3. The van der Waals surface area contributed by atoms with Crippen molar-refractivity contribution >= 4 is 17.1 Å². The van der Waals surface area contributed by atoms with Gasteiger partial charge < -0.3 is 9.15 Å². The number of hydrogen-bond donors (Lipinski definition) is 0. The highest BCUT2D eigenvalue weighted by atomic mass is 16.5. The number of nitriles is 1. The third kappa shape index (κ3) is 2.83. The van der Waals surface area contributed by atoms with Gasteiger partial charge >= 0.3 is 11.7 Å². The first-order chi connectivity index (χ1) is 9.11. The summed E-state index contributed by atoms with van der Waals surface area (Å²) in [6.07, 6.45) is -0.777. The molecular weight excluding hydrogens is 248 g/mol. The summed E-state index contributed by atoms with van der Waals surface area (Å²) < 4.78 is 11.2. The fourth-order valence-corrected chi connectivity index (χ4v) is 1.71. The number of ether oxygens (including phenoxy) is 1. The van der Waals surface area contributed by atoms with Crippen molar-refractivity contribution in [2.75, 3.05) is 0 Å². The van der Waals surface area contributed by atoms with E-state index in [1.54, 1.807) is 30.3 Å². The molecule has 6 nitrogen and oxygen atoms in total. The molecule has 0 spiro atoms. The maximum Gasteiger partial charge on any atom is 0.419 e. The Bertz CT molecular complexity index is 692. The van der Waals surface area contributed by atoms with E-state index < -0.39 is 17.8 Å². The summed E-state index contributed by atoms with van der Waals surface area (Å²) in [5.74, 6) is -1.03. The van der Waals surface area contributed by atoms with Crippen LogP contribution in [-0.2, 0) is 16.1 Å². The van der Waals surface area contributed by atoms with E-state index in [1.165, 1.54) is 11.5 Å². The summed E-state index contributed by atoms with van der Waals surface area (Å²) in [7, 11) is 0. The summed E-state index contributed by atoms with van der Waals surface area (Å²) in [5, 5.41) is 8.52. The Balaban J connectivity index is 2.10. The van der Waals surface area contributed by atoms with Crippen LogP contribution in [0.4, 0.5) is 0 Å². The first-order valence-electron chi connectivity index (χ1n) is 5.79. The van der Waals surface area contributed by atoms with Crippen molar-refractivity contribution in [1.82, 2.24) is 4.57 Å². The van der Waals surface area contributed by atoms with Gasteiger partial charge in [-0.3, -0.25) is 9.36 Å². The van der Waals surface area contributed by atoms with Gasteiger partial charge in [0.1, 0.15) is 6.07 Å². The highest BCUT2D eigenvalue weighted by Gasteiger charge is 2.12. The Morgan fingerprint density at radius 1 is 1.53 bits per heavy atom. The minimum Gasteiger partial charge on any atom is -0.447 e. The van der Waals surface area contributed by atoms with Crippen LogP contribution < -0.4 is 5.76 Å². The van der Waals surface area contributed by atoms with E-state index in [2.05, 4.69) is 0 Å². The molecule has 0 aliphatic rings. The second-order valence-corrected chi connectivity index (χ2v) is 4.00. The number of nitrogens with zero attached hydrogens (tertiary/aromatic N) is 2. The molecule has 0 aliphatic carbocycles. The molecule has 0 radical (unpaired) electrons. The fourth-order valence-electron chi connectivity index (χ4n) is 1.71. The third-order valence-electron chi connectivity index (χ3n) is 2.60. The number of benzene rings is 1. The monoisotopic (exact) mass is 260 g/mol. The molecule has 0 N–H and O–H groups in total. The van der Waals surface area contributed by atoms with E-state index in [9.17, 15) is 9.59 Å². The Morgan fingerprint density at radius 3 is 3.00 bits per heavy atom. The van der Waals surface area contributed by atoms with E-state index in [1.807, 2.05) is 0 Å². The lowest BCUT2D eigenvalue weighted by Crippen LogP contribution is -2.19. The summed E-state index contributed by atoms with van der Waals surface area (Å²) >= 11 is 0. The quantitative estimate of drug-likeness (QED) is 0.776. The summed E-state index contributed by atoms with van der Waals surface area (Å²) in [6, 6.07) is 8.77. The number of fused-ring (bicyclic) bond motifs is 1. The third-order valence-corrected chi connectivity index (χ3v) is 2.60. The van der Waals surface area contributed by atoms with Crippen LogP contribution >= 0.6 is 0 Å². The highest BCUT2D eigenvalue weighted by molar-refractivity contribution is 5.73. The maximum absolute atomic E-state index is 11.6. The maximum atomic E-state index is 11.6. The first-order valence-corrected chi connectivity index (χ1v) is 5.79. The number of aromatic nitrogens is 1. The molecule has 1 aromatic carbocycles. The molecule has 0 amide bonds. The van der Waals surface area contributed by atoms with Crippen LogP contribution in [0.3, 0.4) is 0 Å². The minimum absolute atomic E-state index is 0.00938. The van der Waals surface area contributed by atoms with Gasteiger partial charge in [0.05, 0.1) is 11.9 Å². The standard InChI is InChI=1S/C13H12N2O4/c1-9(8-14)18-12(16)6-7-15-10-4-2-3-5-11(10)19-13(15)17/h2-5,9H,6-7H2,1H3/t9-/m1/s1. The molecule has 1 aromatic heterocycles. The summed E-state index contributed by atoms with van der Waals surface area (Å²) in [4.78, 5) is 23.1. The topological polar surface area (TPSA) is 85.2 Å². The smallest absolute Gasteiger partial charge is 0.419 e. The fraction of sp³-hybridized carbons (Fsp3) is 0.308. The van der Waals surface area contributed by atoms with Gasteiger partial charge in [0.25, 0.3) is 0 Å². The summed E-state index contributed by atoms with van der Waals surface area (Å²) in [5.41, 5.74) is 1.11. The van der Waals surface area contributed by atoms with E-state index in [4.69, 9.17) is 14.4 Å². The molecular formula is C13H12N2O4. The van der Waals surface area contributed by atoms with E-state index in [0.29, 0.717) is 11.1 Å². The Kier molecular flexibility index (Phi) is 3.66. The molecule has 1 atom stereocenters. The zero-order valence-corrected chi connectivity index (χ0v) is 10.3. The van der Waals surface area contributed by atoms with Crippen molar-refractivity contribution in [2.45, 2.75) is 26.0 Å². The van der Waals surface area contributed by atoms with Crippen LogP contribution in [0.25, 0.3) is 11.1 Å². The Morgan fingerprint density at radius 2 is 2.26 bits per heavy atom. The largest absolute Gasteiger partial charge is 0.447 e. The highest BCUT2D eigenvalue weighted by Crippen LogP contribution is 2.12. The van der Waals surface area contributed by atoms with E-state index >= 15 is 0 Å². The molecule has 0 bridgehead atoms. The van der Waals surface area contributed by atoms with Gasteiger partial charge in [0.2, 0.25) is 0 Å². The van der Waals surface area contributed by atoms with E-state index in [-0.39, 0.29) is 13.0 Å². The predicted octanol–water partition coefficient (Wildman–Crippen LogP) is 1.44. The van der Waals surface area contributed by atoms with Gasteiger partial charge in [0.15, 0.2) is 11.7 Å². The van der Waals surface area contributed by atoms with Gasteiger partial charge in [0, 0.05) is 6.54 Å². The number of hydrogen-bond acceptors (Lipinski definition) is 5. The molecule has 0 aliphatic heterocycles. The Labute approximate surface area is 108 Å². The zero-order valence-electron chi connectivity index (χ0n) is 10.3. The second-order valence-electron chi connectivity index (χ2n) is 4.00. The number of oxazole rings is 1. The minimum atomic E-state index is -0.787. The van der Waals surface area contributed by atoms with Gasteiger partial charge in [-0.2, -0.15) is 5.26 Å². The van der Waals surface area contributed by atoms with Crippen molar-refractivity contribution in [3.63, 3.8) is 0 Å². The van der Waals surface area contributed by atoms with Crippen molar-refractivity contribution in [3.05, 3.63) is 34.8 Å². The van der Waals surface area contributed by atoms with Gasteiger partial charge in [-0.25, -0.2) is 4.79 Å². The average Bonchev–Trinajstić information content (AvgIpc) is 2.71. The molecule has 2 rings (SSSR count). The number of para-hydroxylation sites is 2. The molecule has 1 heterocycles. The first kappa shape index (κ1) is 12.9. The van der Waals surface area contributed by atoms with Crippen LogP contribution in [0, 0.1) is 11.3 Å². The lowest BCUT2D eigenvalue weighted by molar-refractivity contribution is -0.146. The SMILES string of the molecule is C[C@H](C#N)OC(=O)CCn1c(=O)oc2ccccc21. The molecule has 0 fully saturated rings. The van der Waals surface area contributed by atoms with Crippen molar-refractivity contribution in [3.8, 4) is 6.07 Å². The normalized spacial score (nSPS) is 12.0. The lowest BCUT2D eigenvalue weighted by Gasteiger charge is -2.05. The molecule has 2 aromatic rings. The van der Waals surface area contributed by atoms with Crippen LogP contribution in [-0.4, -0.2) is 16.6 Å². The molecule has 6 heteroatoms. The van der Waals surface area contributed by atoms with Gasteiger partial charge in [-0.15, -0.1) is 0 Å². The molecule has 19 heavy (non-hydrogen) atoms. The average molecular weight is 260 g/mol. The number of carbonyl (C=O) groups is 1. The predicted molar refractivity (Wildman–Crippen MR) is 66.3 cm³/mol. The van der Waals surface area contributed by atoms with Crippen molar-refractivity contribution in [2.24, 2.45) is 0 Å². The summed E-state index contributed by atoms with van der Waals surface area (Å²) in [6.45, 7) is 1.64. The number of esters is 1. The van der Waals surface area contributed by atoms with Crippen molar-refractivity contribution in [1.29, 1.82) is 5.26 Å². The van der Waals surface area contributed by atoms with Crippen LogP contribution in [0.2, 0.25) is 0 Å².